The molecule has 0 aliphatic carbocycles. The number of nitrogens with one attached hydrogen (secondary N) is 1. The molecule has 1 fully saturated rings. The van der Waals surface area contributed by atoms with Crippen molar-refractivity contribution in [2.24, 2.45) is 0 Å². The molecular formula is C24H24N4O3. The van der Waals surface area contributed by atoms with Gasteiger partial charge in [0.2, 0.25) is 5.95 Å². The van der Waals surface area contributed by atoms with Crippen LogP contribution >= 0.6 is 0 Å². The van der Waals surface area contributed by atoms with E-state index in [0.29, 0.717) is 44.4 Å². The molecule has 2 aliphatic rings. The maximum absolute atomic E-state index is 13.0. The number of phenols is 1. The number of fused-ring (bicyclic) bond motifs is 2. The molecule has 3 heterocycles. The van der Waals surface area contributed by atoms with Crippen molar-refractivity contribution in [2.75, 3.05) is 25.0 Å². The largest absolute Gasteiger partial charge is 0.508 e. The summed E-state index contributed by atoms with van der Waals surface area (Å²) in [5.41, 5.74) is 3.25. The first kappa shape index (κ1) is 19.5. The fraction of sp³-hybridized carbons (Fsp3) is 0.292. The van der Waals surface area contributed by atoms with E-state index < -0.39 is 0 Å². The van der Waals surface area contributed by atoms with E-state index in [0.717, 1.165) is 23.2 Å². The molecule has 1 spiro atoms. The number of hydrogen-bond acceptors (Lipinski definition) is 6. The number of likely N-dealkylation sites (tertiary alicyclic amines) is 1. The van der Waals surface area contributed by atoms with Crippen LogP contribution in [0.3, 0.4) is 0 Å². The number of benzene rings is 2. The van der Waals surface area contributed by atoms with E-state index in [1.807, 2.05) is 29.3 Å². The van der Waals surface area contributed by atoms with Crippen LogP contribution in [0.1, 0.15) is 33.6 Å². The first-order valence-corrected chi connectivity index (χ1v) is 10.4. The van der Waals surface area contributed by atoms with Gasteiger partial charge in [0.25, 0.3) is 5.91 Å². The minimum atomic E-state index is -0.341. The van der Waals surface area contributed by atoms with Crippen molar-refractivity contribution in [3.8, 4) is 5.75 Å². The summed E-state index contributed by atoms with van der Waals surface area (Å²) in [4.78, 5) is 24.1. The zero-order valence-electron chi connectivity index (χ0n) is 17.1. The Labute approximate surface area is 180 Å². The van der Waals surface area contributed by atoms with Crippen molar-refractivity contribution in [3.63, 3.8) is 0 Å². The third-order valence-electron chi connectivity index (χ3n) is 6.03. The van der Waals surface area contributed by atoms with Crippen molar-refractivity contribution in [2.45, 2.75) is 25.0 Å². The van der Waals surface area contributed by atoms with Crippen LogP contribution in [-0.2, 0) is 23.3 Å². The van der Waals surface area contributed by atoms with Crippen LogP contribution in [0.25, 0.3) is 0 Å². The molecular weight excluding hydrogens is 392 g/mol. The minimum absolute atomic E-state index is 0.0867. The number of aromatic nitrogens is 2. The number of anilines is 1. The molecule has 2 aromatic carbocycles. The fourth-order valence-electron chi connectivity index (χ4n) is 4.44. The Balaban J connectivity index is 1.37. The average molecular weight is 416 g/mol. The van der Waals surface area contributed by atoms with Gasteiger partial charge in [-0.05, 0) is 30.2 Å². The number of amides is 1. The van der Waals surface area contributed by atoms with Crippen LogP contribution in [0, 0.1) is 0 Å². The van der Waals surface area contributed by atoms with Gasteiger partial charge in [-0.3, -0.25) is 4.79 Å². The normalized spacial score (nSPS) is 19.9. The third kappa shape index (κ3) is 3.84. The molecule has 3 aromatic rings. The van der Waals surface area contributed by atoms with Gasteiger partial charge in [-0.25, -0.2) is 9.97 Å². The van der Waals surface area contributed by atoms with E-state index in [1.165, 1.54) is 6.07 Å². The maximum Gasteiger partial charge on any atom is 0.254 e. The zero-order valence-corrected chi connectivity index (χ0v) is 17.1. The number of phenolic OH excluding ortho intramolecular Hbond substituents is 1. The summed E-state index contributed by atoms with van der Waals surface area (Å²) in [6.07, 6.45) is 2.61. The van der Waals surface area contributed by atoms with Crippen molar-refractivity contribution < 1.29 is 14.6 Å². The quantitative estimate of drug-likeness (QED) is 0.680. The summed E-state index contributed by atoms with van der Waals surface area (Å²) in [5.74, 6) is 0.589. The van der Waals surface area contributed by atoms with Crippen LogP contribution in [0.15, 0.2) is 60.8 Å². The number of carbonyl (C=O) groups excluding carboxylic acids is 1. The van der Waals surface area contributed by atoms with Gasteiger partial charge in [0.05, 0.1) is 24.3 Å². The second-order valence-electron chi connectivity index (χ2n) is 8.21. The number of carbonyl (C=O) groups is 1. The Bertz CT molecular complexity index is 1100. The minimum Gasteiger partial charge on any atom is -0.508 e. The first-order valence-electron chi connectivity index (χ1n) is 10.4. The lowest BCUT2D eigenvalue weighted by atomic mass is 9.80. The lowest BCUT2D eigenvalue weighted by molar-refractivity contribution is 0.0485. The van der Waals surface area contributed by atoms with Gasteiger partial charge >= 0.3 is 0 Å². The van der Waals surface area contributed by atoms with Crippen LogP contribution in [0.5, 0.6) is 5.75 Å². The van der Waals surface area contributed by atoms with Crippen molar-refractivity contribution in [1.29, 1.82) is 0 Å². The Morgan fingerprint density at radius 2 is 2.06 bits per heavy atom. The molecule has 1 aromatic heterocycles. The molecule has 158 valence electrons. The highest BCUT2D eigenvalue weighted by Crippen LogP contribution is 2.39. The lowest BCUT2D eigenvalue weighted by Gasteiger charge is -2.34. The molecule has 1 saturated heterocycles. The molecule has 7 heteroatoms. The van der Waals surface area contributed by atoms with E-state index in [4.69, 9.17) is 9.72 Å². The second-order valence-corrected chi connectivity index (χ2v) is 8.21. The number of nitrogens with zero attached hydrogens (tertiary/aromatic N) is 3. The summed E-state index contributed by atoms with van der Waals surface area (Å²) in [6, 6.07) is 16.6. The Kier molecular flexibility index (Phi) is 5.03. The molecule has 2 N–H and O–H groups in total. The highest BCUT2D eigenvalue weighted by Gasteiger charge is 2.46. The van der Waals surface area contributed by atoms with E-state index in [9.17, 15) is 9.90 Å². The Morgan fingerprint density at radius 1 is 1.19 bits per heavy atom. The summed E-state index contributed by atoms with van der Waals surface area (Å²) in [7, 11) is 0. The predicted molar refractivity (Wildman–Crippen MR) is 116 cm³/mol. The molecule has 0 saturated carbocycles. The summed E-state index contributed by atoms with van der Waals surface area (Å²) in [6.45, 7) is 2.80. The molecule has 0 bridgehead atoms. The van der Waals surface area contributed by atoms with Gasteiger partial charge in [-0.1, -0.05) is 36.4 Å². The van der Waals surface area contributed by atoms with Crippen molar-refractivity contribution in [1.82, 2.24) is 14.9 Å². The van der Waals surface area contributed by atoms with Gasteiger partial charge in [-0.2, -0.15) is 0 Å². The van der Waals surface area contributed by atoms with E-state index >= 15 is 0 Å². The van der Waals surface area contributed by atoms with Crippen LogP contribution in [0.2, 0.25) is 0 Å². The SMILES string of the molecule is O=C(c1cccc(O)c1)N1CCC2(COCc3cnc(NCc4ccccc4)nc32)C1. The van der Waals surface area contributed by atoms with E-state index in [1.54, 1.807) is 18.2 Å². The fourth-order valence-corrected chi connectivity index (χ4v) is 4.44. The molecule has 1 unspecified atom stereocenters. The van der Waals surface area contributed by atoms with Crippen molar-refractivity contribution >= 4 is 11.9 Å². The van der Waals surface area contributed by atoms with E-state index in [2.05, 4.69) is 22.4 Å². The molecule has 31 heavy (non-hydrogen) atoms. The average Bonchev–Trinajstić information content (AvgIpc) is 3.23. The number of ether oxygens (including phenoxy) is 1. The summed E-state index contributed by atoms with van der Waals surface area (Å²) >= 11 is 0. The van der Waals surface area contributed by atoms with Crippen molar-refractivity contribution in [3.05, 3.63) is 83.2 Å². The Morgan fingerprint density at radius 3 is 2.90 bits per heavy atom. The van der Waals surface area contributed by atoms with Crippen LogP contribution in [-0.4, -0.2) is 45.6 Å². The second kappa shape index (κ2) is 8.00. The van der Waals surface area contributed by atoms with Gasteiger partial charge < -0.3 is 20.1 Å². The molecule has 0 radical (unpaired) electrons. The molecule has 1 atom stereocenters. The third-order valence-corrected chi connectivity index (χ3v) is 6.03. The predicted octanol–water partition coefficient (Wildman–Crippen LogP) is 3.11. The highest BCUT2D eigenvalue weighted by atomic mass is 16.5. The highest BCUT2D eigenvalue weighted by molar-refractivity contribution is 5.94. The topological polar surface area (TPSA) is 87.6 Å². The van der Waals surface area contributed by atoms with E-state index in [-0.39, 0.29) is 17.1 Å². The Hall–Kier alpha value is -3.45. The van der Waals surface area contributed by atoms with Crippen LogP contribution in [0.4, 0.5) is 5.95 Å². The zero-order chi connectivity index (χ0) is 21.3. The number of aromatic hydroxyl groups is 1. The van der Waals surface area contributed by atoms with Gasteiger partial charge in [0, 0.05) is 37.0 Å². The molecule has 1 amide bonds. The number of rotatable bonds is 4. The van der Waals surface area contributed by atoms with Crippen LogP contribution < -0.4 is 5.32 Å². The number of hydrogen-bond donors (Lipinski definition) is 2. The molecule has 5 rings (SSSR count). The molecule has 2 aliphatic heterocycles. The maximum atomic E-state index is 13.0. The first-order chi connectivity index (χ1) is 15.1. The lowest BCUT2D eigenvalue weighted by Crippen LogP contribution is -2.41. The van der Waals surface area contributed by atoms with Gasteiger partial charge in [-0.15, -0.1) is 0 Å². The van der Waals surface area contributed by atoms with Gasteiger partial charge in [0.15, 0.2) is 0 Å². The molecule has 7 nitrogen and oxygen atoms in total. The standard InChI is InChI=1S/C24H24N4O3/c29-20-8-4-7-18(11-20)22(30)28-10-9-24(15-28)16-31-14-19-13-26-23(27-21(19)24)25-12-17-5-2-1-3-6-17/h1-8,11,13,29H,9-10,12,14-16H2,(H,25,26,27). The summed E-state index contributed by atoms with van der Waals surface area (Å²) in [5, 5.41) is 13.0. The smallest absolute Gasteiger partial charge is 0.254 e. The van der Waals surface area contributed by atoms with Gasteiger partial charge in [0.1, 0.15) is 5.75 Å². The summed E-state index contributed by atoms with van der Waals surface area (Å²) < 4.78 is 5.88. The monoisotopic (exact) mass is 416 g/mol.